The van der Waals surface area contributed by atoms with Crippen LogP contribution >= 0.6 is 35.0 Å². The molecule has 2 aliphatic heterocycles. The maximum Gasteiger partial charge on any atom is 0.246 e. The standard InChI is InChI=1S/C44H44Cl2N4O4S/c1-29-5-9-33(10-6-29)41-35(15-19-39(53)49-25-21-47(22-26-49)31(3)51)13-17-37(43(41)45)55-38-18-14-36(42(44(38)46)34-11-7-30(2)8-12-34)16-20-40(54)50-27-23-48(24-28-50)32(4)52/h5-20H,21-28H2,1-4H3/b19-15+,20-16+. The zero-order valence-electron chi connectivity index (χ0n) is 31.5. The van der Waals surface area contributed by atoms with Crippen molar-refractivity contribution in [1.29, 1.82) is 0 Å². The number of halogens is 2. The summed E-state index contributed by atoms with van der Waals surface area (Å²) >= 11 is 16.0. The zero-order chi connectivity index (χ0) is 39.2. The van der Waals surface area contributed by atoms with Gasteiger partial charge in [0.1, 0.15) is 0 Å². The number of hydrogen-bond acceptors (Lipinski definition) is 5. The van der Waals surface area contributed by atoms with Crippen molar-refractivity contribution < 1.29 is 19.2 Å². The van der Waals surface area contributed by atoms with Crippen LogP contribution < -0.4 is 0 Å². The van der Waals surface area contributed by atoms with E-state index in [4.69, 9.17) is 23.2 Å². The molecule has 0 bridgehead atoms. The first-order chi connectivity index (χ1) is 26.4. The Hall–Kier alpha value is -4.83. The van der Waals surface area contributed by atoms with Gasteiger partial charge in [0, 0.05) is 99.3 Å². The van der Waals surface area contributed by atoms with Crippen LogP contribution in [0.2, 0.25) is 10.0 Å². The van der Waals surface area contributed by atoms with E-state index in [1.807, 2.05) is 98.8 Å². The summed E-state index contributed by atoms with van der Waals surface area (Å²) in [7, 11) is 0. The van der Waals surface area contributed by atoms with Crippen molar-refractivity contribution in [2.75, 3.05) is 52.4 Å². The van der Waals surface area contributed by atoms with Crippen LogP contribution in [0.5, 0.6) is 0 Å². The number of rotatable bonds is 8. The van der Waals surface area contributed by atoms with Crippen molar-refractivity contribution in [2.45, 2.75) is 37.5 Å². The van der Waals surface area contributed by atoms with E-state index in [2.05, 4.69) is 0 Å². The average Bonchev–Trinajstić information content (AvgIpc) is 3.18. The van der Waals surface area contributed by atoms with Crippen LogP contribution in [0.1, 0.15) is 36.1 Å². The van der Waals surface area contributed by atoms with Gasteiger partial charge in [-0.15, -0.1) is 0 Å². The Kier molecular flexibility index (Phi) is 12.9. The van der Waals surface area contributed by atoms with Crippen LogP contribution in [0.25, 0.3) is 34.4 Å². The van der Waals surface area contributed by atoms with Crippen molar-refractivity contribution in [2.24, 2.45) is 0 Å². The van der Waals surface area contributed by atoms with Gasteiger partial charge in [0.05, 0.1) is 10.0 Å². The Morgan fingerprint density at radius 1 is 0.509 bits per heavy atom. The molecule has 4 aromatic carbocycles. The monoisotopic (exact) mass is 794 g/mol. The first-order valence-corrected chi connectivity index (χ1v) is 19.9. The van der Waals surface area contributed by atoms with Crippen molar-refractivity contribution in [1.82, 2.24) is 19.6 Å². The lowest BCUT2D eigenvalue weighted by molar-refractivity contribution is -0.135. The molecular weight excluding hydrogens is 751 g/mol. The van der Waals surface area contributed by atoms with E-state index >= 15 is 0 Å². The lowest BCUT2D eigenvalue weighted by Gasteiger charge is -2.33. The number of carbonyl (C=O) groups excluding carboxylic acids is 4. The van der Waals surface area contributed by atoms with Gasteiger partial charge in [0.15, 0.2) is 0 Å². The first-order valence-electron chi connectivity index (χ1n) is 18.3. The maximum absolute atomic E-state index is 13.2. The summed E-state index contributed by atoms with van der Waals surface area (Å²) in [5.74, 6) is -0.199. The fourth-order valence-corrected chi connectivity index (χ4v) is 8.43. The molecule has 2 fully saturated rings. The Morgan fingerprint density at radius 2 is 0.836 bits per heavy atom. The Bertz CT molecular complexity index is 2000. The van der Waals surface area contributed by atoms with Gasteiger partial charge >= 0.3 is 0 Å². The van der Waals surface area contributed by atoms with Gasteiger partial charge in [0.25, 0.3) is 0 Å². The highest BCUT2D eigenvalue weighted by Crippen LogP contribution is 2.46. The molecule has 0 radical (unpaired) electrons. The van der Waals surface area contributed by atoms with Crippen LogP contribution in [0, 0.1) is 13.8 Å². The molecule has 6 rings (SSSR count). The molecule has 0 N–H and O–H groups in total. The molecule has 0 unspecified atom stereocenters. The van der Waals surface area contributed by atoms with Crippen LogP contribution in [-0.2, 0) is 19.2 Å². The van der Waals surface area contributed by atoms with Crippen molar-refractivity contribution >= 4 is 70.7 Å². The Morgan fingerprint density at radius 3 is 1.16 bits per heavy atom. The van der Waals surface area contributed by atoms with E-state index in [9.17, 15) is 19.2 Å². The molecular formula is C44H44Cl2N4O4S. The number of hydrogen-bond donors (Lipinski definition) is 0. The van der Waals surface area contributed by atoms with Crippen LogP contribution in [-0.4, -0.2) is 95.6 Å². The van der Waals surface area contributed by atoms with E-state index in [0.717, 1.165) is 54.3 Å². The highest BCUT2D eigenvalue weighted by atomic mass is 35.5. The molecule has 0 spiro atoms. The van der Waals surface area contributed by atoms with Crippen LogP contribution in [0.15, 0.2) is 94.7 Å². The third kappa shape index (κ3) is 9.53. The fourth-order valence-electron chi connectivity index (χ4n) is 6.74. The molecule has 2 aliphatic rings. The third-order valence-corrected chi connectivity index (χ3v) is 12.2. The average molecular weight is 796 g/mol. The van der Waals surface area contributed by atoms with E-state index in [1.54, 1.807) is 45.6 Å². The Labute approximate surface area is 337 Å². The van der Waals surface area contributed by atoms with Crippen molar-refractivity contribution in [3.05, 3.63) is 117 Å². The molecule has 11 heteroatoms. The summed E-state index contributed by atoms with van der Waals surface area (Å²) in [5.41, 5.74) is 7.26. The smallest absolute Gasteiger partial charge is 0.246 e. The molecule has 0 saturated carbocycles. The van der Waals surface area contributed by atoms with Gasteiger partial charge in [0.2, 0.25) is 23.6 Å². The second-order valence-electron chi connectivity index (χ2n) is 13.8. The van der Waals surface area contributed by atoms with Gasteiger partial charge in [-0.1, -0.05) is 107 Å². The lowest BCUT2D eigenvalue weighted by Crippen LogP contribution is -2.49. The number of carbonyl (C=O) groups is 4. The summed E-state index contributed by atoms with van der Waals surface area (Å²) in [6, 6.07) is 24.1. The Balaban J connectivity index is 1.31. The predicted octanol–water partition coefficient (Wildman–Crippen LogP) is 8.50. The molecule has 0 aromatic heterocycles. The van der Waals surface area contributed by atoms with E-state index in [-0.39, 0.29) is 23.6 Å². The number of aryl methyl sites for hydroxylation is 2. The maximum atomic E-state index is 13.2. The van der Waals surface area contributed by atoms with Crippen LogP contribution in [0.4, 0.5) is 0 Å². The molecule has 4 aromatic rings. The molecule has 0 aliphatic carbocycles. The highest BCUT2D eigenvalue weighted by molar-refractivity contribution is 7.99. The minimum atomic E-state index is -0.116. The molecule has 284 valence electrons. The SMILES string of the molecule is CC(=O)N1CCN(C(=O)/C=C/c2ccc(Sc3ccc(/C=C/C(=O)N4CCN(C(C)=O)CC4)c(-c4ccc(C)cc4)c3Cl)c(Cl)c2-c2ccc(C)cc2)CC1. The largest absolute Gasteiger partial charge is 0.339 e. The van der Waals surface area contributed by atoms with Crippen molar-refractivity contribution in [3.8, 4) is 22.3 Å². The van der Waals surface area contributed by atoms with Gasteiger partial charge in [-0.2, -0.15) is 0 Å². The highest BCUT2D eigenvalue weighted by Gasteiger charge is 2.23. The minimum Gasteiger partial charge on any atom is -0.339 e. The van der Waals surface area contributed by atoms with E-state index in [0.29, 0.717) is 62.4 Å². The minimum absolute atomic E-state index is 0.0168. The number of amides is 4. The van der Waals surface area contributed by atoms with Gasteiger partial charge in [-0.25, -0.2) is 0 Å². The molecule has 8 nitrogen and oxygen atoms in total. The second-order valence-corrected chi connectivity index (χ2v) is 15.7. The van der Waals surface area contributed by atoms with Crippen molar-refractivity contribution in [3.63, 3.8) is 0 Å². The fraction of sp³-hybridized carbons (Fsp3) is 0.273. The quantitative estimate of drug-likeness (QED) is 0.167. The number of nitrogens with zero attached hydrogens (tertiary/aromatic N) is 4. The zero-order valence-corrected chi connectivity index (χ0v) is 33.8. The molecule has 2 heterocycles. The van der Waals surface area contributed by atoms with E-state index < -0.39 is 0 Å². The topological polar surface area (TPSA) is 81.2 Å². The summed E-state index contributed by atoms with van der Waals surface area (Å²) in [4.78, 5) is 58.6. The summed E-state index contributed by atoms with van der Waals surface area (Å²) in [6.45, 7) is 11.2. The van der Waals surface area contributed by atoms with Gasteiger partial charge < -0.3 is 19.6 Å². The number of benzene rings is 4. The first kappa shape index (κ1) is 39.9. The summed E-state index contributed by atoms with van der Waals surface area (Å²) in [5, 5.41) is 1.07. The molecule has 0 atom stereocenters. The lowest BCUT2D eigenvalue weighted by atomic mass is 9.98. The number of piperazine rings is 2. The third-order valence-electron chi connectivity index (χ3n) is 10.1. The molecule has 4 amide bonds. The van der Waals surface area contributed by atoms with Gasteiger partial charge in [-0.3, -0.25) is 19.2 Å². The molecule has 55 heavy (non-hydrogen) atoms. The predicted molar refractivity (Wildman–Crippen MR) is 223 cm³/mol. The van der Waals surface area contributed by atoms with Gasteiger partial charge in [-0.05, 0) is 60.4 Å². The van der Waals surface area contributed by atoms with Crippen LogP contribution in [0.3, 0.4) is 0 Å². The normalized spacial score (nSPS) is 14.9. The summed E-state index contributed by atoms with van der Waals surface area (Å²) in [6.07, 6.45) is 6.77. The summed E-state index contributed by atoms with van der Waals surface area (Å²) < 4.78 is 0. The van der Waals surface area contributed by atoms with E-state index in [1.165, 1.54) is 11.8 Å². The second kappa shape index (κ2) is 17.8. The molecule has 2 saturated heterocycles.